The maximum atomic E-state index is 9.61. The number of hydrogen-bond donors (Lipinski definition) is 6. The molecule has 0 aromatic heterocycles. The van der Waals surface area contributed by atoms with Crippen molar-refractivity contribution in [2.24, 2.45) is 10.7 Å². The van der Waals surface area contributed by atoms with Gasteiger partial charge in [-0.1, -0.05) is 0 Å². The lowest BCUT2D eigenvalue weighted by molar-refractivity contribution is -0.177. The van der Waals surface area contributed by atoms with Crippen LogP contribution < -0.4 is 11.1 Å². The van der Waals surface area contributed by atoms with E-state index in [1.54, 1.807) is 14.1 Å². The molecule has 0 aromatic carbocycles. The molecular formula is C10H21N5O4. The highest BCUT2D eigenvalue weighted by Crippen LogP contribution is 2.20. The van der Waals surface area contributed by atoms with Crippen molar-refractivity contribution in [1.82, 2.24) is 10.2 Å². The summed E-state index contributed by atoms with van der Waals surface area (Å²) in [6, 6.07) is 0. The first-order valence-electron chi connectivity index (χ1n) is 5.83. The van der Waals surface area contributed by atoms with Gasteiger partial charge < -0.3 is 30.7 Å². The Morgan fingerprint density at radius 1 is 1.53 bits per heavy atom. The number of rotatable bonds is 2. The van der Waals surface area contributed by atoms with E-state index in [4.69, 9.17) is 21.0 Å². The van der Waals surface area contributed by atoms with Crippen LogP contribution in [0.15, 0.2) is 4.99 Å². The van der Waals surface area contributed by atoms with Gasteiger partial charge in [0.05, 0.1) is 12.7 Å². The van der Waals surface area contributed by atoms with Gasteiger partial charge in [0.2, 0.25) is 0 Å². The summed E-state index contributed by atoms with van der Waals surface area (Å²) in [5, 5.41) is 38.2. The number of aliphatic hydroxyl groups excluding tert-OH is 3. The molecule has 1 aliphatic heterocycles. The molecule has 1 unspecified atom stereocenters. The number of ether oxygens (including phenoxy) is 1. The molecule has 0 bridgehead atoms. The van der Waals surface area contributed by atoms with Crippen LogP contribution in [-0.2, 0) is 4.74 Å². The van der Waals surface area contributed by atoms with Crippen molar-refractivity contribution in [2.45, 2.75) is 31.0 Å². The molecule has 0 radical (unpaired) electrons. The molecule has 1 aliphatic rings. The molecule has 0 saturated carbocycles. The highest BCUT2D eigenvalue weighted by molar-refractivity contribution is 5.96. The molecule has 0 amide bonds. The van der Waals surface area contributed by atoms with Crippen molar-refractivity contribution in [3.05, 3.63) is 0 Å². The maximum Gasteiger partial charge on any atom is 0.198 e. The van der Waals surface area contributed by atoms with Crippen molar-refractivity contribution < 1.29 is 20.1 Å². The van der Waals surface area contributed by atoms with Crippen molar-refractivity contribution >= 4 is 11.9 Å². The zero-order valence-corrected chi connectivity index (χ0v) is 10.9. The molecule has 0 aliphatic carbocycles. The molecule has 4 atom stereocenters. The fraction of sp³-hybridized carbons (Fsp3) is 0.800. The molecule has 9 nitrogen and oxygen atoms in total. The van der Waals surface area contributed by atoms with E-state index in [0.29, 0.717) is 0 Å². The number of guanidine groups is 2. The summed E-state index contributed by atoms with van der Waals surface area (Å²) in [5.74, 6) is 0.0142. The fourth-order valence-electron chi connectivity index (χ4n) is 1.59. The first-order valence-corrected chi connectivity index (χ1v) is 5.83. The van der Waals surface area contributed by atoms with E-state index < -0.39 is 31.1 Å². The summed E-state index contributed by atoms with van der Waals surface area (Å²) < 4.78 is 5.28. The second-order valence-electron chi connectivity index (χ2n) is 4.49. The monoisotopic (exact) mass is 275 g/mol. The zero-order valence-electron chi connectivity index (χ0n) is 10.9. The van der Waals surface area contributed by atoms with Gasteiger partial charge in [0.25, 0.3) is 0 Å². The van der Waals surface area contributed by atoms with E-state index in [2.05, 4.69) is 10.3 Å². The van der Waals surface area contributed by atoms with E-state index >= 15 is 0 Å². The van der Waals surface area contributed by atoms with Gasteiger partial charge in [0, 0.05) is 20.5 Å². The van der Waals surface area contributed by atoms with Crippen LogP contribution in [0.4, 0.5) is 0 Å². The molecule has 19 heavy (non-hydrogen) atoms. The van der Waals surface area contributed by atoms with Crippen molar-refractivity contribution in [1.29, 1.82) is 5.41 Å². The molecular weight excluding hydrogens is 254 g/mol. The van der Waals surface area contributed by atoms with Crippen LogP contribution in [-0.4, -0.2) is 77.4 Å². The number of aliphatic hydroxyl groups is 3. The molecule has 0 aromatic rings. The predicted molar refractivity (Wildman–Crippen MR) is 68.5 cm³/mol. The Morgan fingerprint density at radius 2 is 2.16 bits per heavy atom. The lowest BCUT2D eigenvalue weighted by Gasteiger charge is -2.34. The molecule has 110 valence electrons. The number of hydrogen-bond acceptors (Lipinski definition) is 6. The average Bonchev–Trinajstić information content (AvgIpc) is 2.33. The van der Waals surface area contributed by atoms with E-state index in [0.717, 1.165) is 0 Å². The first kappa shape index (κ1) is 15.6. The van der Waals surface area contributed by atoms with E-state index in [1.165, 1.54) is 4.90 Å². The minimum atomic E-state index is -1.15. The van der Waals surface area contributed by atoms with Crippen LogP contribution in [0.5, 0.6) is 0 Å². The quantitative estimate of drug-likeness (QED) is 0.236. The molecule has 9 heteroatoms. The minimum Gasteiger partial charge on any atom is -0.394 e. The highest BCUT2D eigenvalue weighted by atomic mass is 16.5. The molecule has 0 spiro atoms. The van der Waals surface area contributed by atoms with Crippen molar-refractivity contribution in [3.8, 4) is 0 Å². The Hall–Kier alpha value is -1.42. The number of aliphatic imine (C=N–C) groups is 1. The topological polar surface area (TPSA) is 147 Å². The number of nitrogens with two attached hydrogens (primary N) is 1. The van der Waals surface area contributed by atoms with Gasteiger partial charge in [0.1, 0.15) is 12.2 Å². The molecule has 1 fully saturated rings. The van der Waals surface area contributed by atoms with Crippen LogP contribution in [0.25, 0.3) is 0 Å². The molecule has 1 heterocycles. The SMILES string of the molecule is CN(C)C(=N)N/C(N)=N\C1C[C@@H](O)[C@H](O)[C@@H](CO)O1. The fourth-order valence-corrected chi connectivity index (χ4v) is 1.59. The van der Waals surface area contributed by atoms with Crippen LogP contribution in [0.3, 0.4) is 0 Å². The van der Waals surface area contributed by atoms with Gasteiger partial charge in [-0.25, -0.2) is 4.99 Å². The number of nitrogens with one attached hydrogen (secondary N) is 2. The molecule has 1 saturated heterocycles. The second-order valence-corrected chi connectivity index (χ2v) is 4.49. The van der Waals surface area contributed by atoms with Gasteiger partial charge in [-0.3, -0.25) is 10.7 Å². The predicted octanol–water partition coefficient (Wildman–Crippen LogP) is -2.78. The van der Waals surface area contributed by atoms with E-state index in [9.17, 15) is 10.2 Å². The third kappa shape index (κ3) is 4.31. The van der Waals surface area contributed by atoms with E-state index in [1.807, 2.05) is 0 Å². The zero-order chi connectivity index (χ0) is 14.6. The largest absolute Gasteiger partial charge is 0.394 e. The lowest BCUT2D eigenvalue weighted by Crippen LogP contribution is -2.50. The summed E-state index contributed by atoms with van der Waals surface area (Å²) >= 11 is 0. The van der Waals surface area contributed by atoms with Gasteiger partial charge in [-0.15, -0.1) is 0 Å². The van der Waals surface area contributed by atoms with E-state index in [-0.39, 0.29) is 18.3 Å². The van der Waals surface area contributed by atoms with Crippen LogP contribution >= 0.6 is 0 Å². The minimum absolute atomic E-state index is 0.0380. The smallest absolute Gasteiger partial charge is 0.198 e. The highest BCUT2D eigenvalue weighted by Gasteiger charge is 2.36. The van der Waals surface area contributed by atoms with Crippen LogP contribution in [0, 0.1) is 5.41 Å². The summed E-state index contributed by atoms with van der Waals surface area (Å²) in [7, 11) is 3.34. The lowest BCUT2D eigenvalue weighted by atomic mass is 10.0. The summed E-state index contributed by atoms with van der Waals surface area (Å²) in [6.45, 7) is -0.425. The number of nitrogens with zero attached hydrogens (tertiary/aromatic N) is 2. The summed E-state index contributed by atoms with van der Waals surface area (Å²) in [4.78, 5) is 5.45. The summed E-state index contributed by atoms with van der Waals surface area (Å²) in [5.41, 5.74) is 5.59. The average molecular weight is 275 g/mol. The summed E-state index contributed by atoms with van der Waals surface area (Å²) in [6.07, 6.45) is -3.81. The Morgan fingerprint density at radius 3 is 2.68 bits per heavy atom. The third-order valence-corrected chi connectivity index (χ3v) is 2.71. The van der Waals surface area contributed by atoms with Crippen molar-refractivity contribution in [2.75, 3.05) is 20.7 Å². The Balaban J connectivity index is 2.63. The second kappa shape index (κ2) is 6.66. The van der Waals surface area contributed by atoms with Crippen molar-refractivity contribution in [3.63, 3.8) is 0 Å². The van der Waals surface area contributed by atoms with Gasteiger partial charge in [-0.05, 0) is 0 Å². The Labute approximate surface area is 111 Å². The Bertz CT molecular complexity index is 349. The maximum absolute atomic E-state index is 9.61. The third-order valence-electron chi connectivity index (χ3n) is 2.71. The van der Waals surface area contributed by atoms with Crippen LogP contribution in [0.1, 0.15) is 6.42 Å². The van der Waals surface area contributed by atoms with Gasteiger partial charge in [0.15, 0.2) is 18.1 Å². The standard InChI is InChI=1S/C10H21N5O4/c1-15(2)10(12)14-9(11)13-7-3-5(17)8(18)6(4-16)19-7/h5-8,16-18H,3-4H2,1-2H3,(H4,11,12,13,14)/t5-,6-,7?,8+/m1/s1. The Kier molecular flexibility index (Phi) is 5.48. The van der Waals surface area contributed by atoms with Crippen LogP contribution in [0.2, 0.25) is 0 Å². The molecule has 1 rings (SSSR count). The van der Waals surface area contributed by atoms with Gasteiger partial charge in [-0.2, -0.15) is 0 Å². The molecule has 7 N–H and O–H groups in total. The first-order chi connectivity index (χ1) is 8.85. The normalized spacial score (nSPS) is 31.9. The van der Waals surface area contributed by atoms with Gasteiger partial charge >= 0.3 is 0 Å².